The van der Waals surface area contributed by atoms with Gasteiger partial charge in [0, 0.05) is 16.7 Å². The monoisotopic (exact) mass is 243 g/mol. The van der Waals surface area contributed by atoms with Crippen molar-refractivity contribution in [3.63, 3.8) is 0 Å². The normalized spacial score (nSPS) is 25.0. The smallest absolute Gasteiger partial charge is 0.248 e. The molecule has 1 aromatic carbocycles. The predicted octanol–water partition coefficient (Wildman–Crippen LogP) is 1.74. The molecule has 2 rings (SSSR count). The number of amides is 1. The lowest BCUT2D eigenvalue weighted by Gasteiger charge is -2.23. The Bertz CT molecular complexity index is 441. The molecule has 1 unspecified atom stereocenters. The zero-order valence-corrected chi connectivity index (χ0v) is 9.01. The first kappa shape index (κ1) is 10.5. The lowest BCUT2D eigenvalue weighted by molar-refractivity contribution is -0.120. The molecule has 5 heteroatoms. The molecule has 1 atom stereocenters. The molecule has 1 amide bonds. The minimum Gasteiger partial charge on any atom is -0.362 e. The number of nitrogens with one attached hydrogen (secondary N) is 1. The molecule has 0 fully saturated rings. The van der Waals surface area contributed by atoms with E-state index in [1.807, 2.05) is 0 Å². The van der Waals surface area contributed by atoms with Crippen LogP contribution in [0.2, 0.25) is 5.02 Å². The van der Waals surface area contributed by atoms with Gasteiger partial charge in [-0.25, -0.2) is 0 Å². The maximum Gasteiger partial charge on any atom is 0.248 e. The summed E-state index contributed by atoms with van der Waals surface area (Å²) in [6, 6.07) is 6.43. The summed E-state index contributed by atoms with van der Waals surface area (Å²) in [6.07, 6.45) is 1.15. The van der Waals surface area contributed by atoms with Gasteiger partial charge in [0.05, 0.1) is 5.03 Å². The Labute approximate surface area is 96.3 Å². The summed E-state index contributed by atoms with van der Waals surface area (Å²) in [5.41, 5.74) is -1.15. The standard InChI is InChI=1S/C10H7Cl2NO2/c11-7-3-1-6(2-4-7)10(15)8(12)5-9(14)13-10/h1-5,15H,(H,13,14). The molecular formula is C10H7Cl2NO2. The number of rotatable bonds is 1. The first-order valence-electron chi connectivity index (χ1n) is 4.20. The van der Waals surface area contributed by atoms with Crippen LogP contribution in [0.15, 0.2) is 35.4 Å². The second-order valence-corrected chi connectivity index (χ2v) is 4.04. The highest BCUT2D eigenvalue weighted by Crippen LogP contribution is 2.33. The molecule has 0 bridgehead atoms. The average Bonchev–Trinajstić information content (AvgIpc) is 2.42. The second-order valence-electron chi connectivity index (χ2n) is 3.20. The van der Waals surface area contributed by atoms with E-state index in [0.717, 1.165) is 6.08 Å². The first-order chi connectivity index (χ1) is 7.02. The summed E-state index contributed by atoms with van der Waals surface area (Å²) in [6.45, 7) is 0. The van der Waals surface area contributed by atoms with Gasteiger partial charge in [0.25, 0.3) is 0 Å². The summed E-state index contributed by atoms with van der Waals surface area (Å²) in [5, 5.41) is 13.1. The van der Waals surface area contributed by atoms with Crippen LogP contribution in [0.5, 0.6) is 0 Å². The van der Waals surface area contributed by atoms with Crippen LogP contribution in [0.25, 0.3) is 0 Å². The van der Waals surface area contributed by atoms with E-state index < -0.39 is 11.6 Å². The fraction of sp³-hybridized carbons (Fsp3) is 0.100. The number of carbonyl (C=O) groups excluding carboxylic acids is 1. The van der Waals surface area contributed by atoms with Crippen LogP contribution in [0.1, 0.15) is 5.56 Å². The third-order valence-corrected chi connectivity index (χ3v) is 2.80. The number of hydrogen-bond acceptors (Lipinski definition) is 2. The highest BCUT2D eigenvalue weighted by atomic mass is 35.5. The van der Waals surface area contributed by atoms with E-state index in [4.69, 9.17) is 23.2 Å². The molecule has 78 valence electrons. The van der Waals surface area contributed by atoms with Crippen molar-refractivity contribution in [2.24, 2.45) is 0 Å². The summed E-state index contributed by atoms with van der Waals surface area (Å²) in [4.78, 5) is 11.1. The highest BCUT2D eigenvalue weighted by molar-refractivity contribution is 6.33. The first-order valence-corrected chi connectivity index (χ1v) is 4.96. The van der Waals surface area contributed by atoms with Gasteiger partial charge < -0.3 is 10.4 Å². The Morgan fingerprint density at radius 2 is 1.80 bits per heavy atom. The molecule has 0 saturated heterocycles. The average molecular weight is 244 g/mol. The van der Waals surface area contributed by atoms with Crippen molar-refractivity contribution in [1.29, 1.82) is 0 Å². The molecule has 1 aliphatic rings. The van der Waals surface area contributed by atoms with E-state index in [2.05, 4.69) is 5.32 Å². The van der Waals surface area contributed by atoms with E-state index in [0.29, 0.717) is 10.6 Å². The Morgan fingerprint density at radius 3 is 2.27 bits per heavy atom. The molecule has 0 saturated carbocycles. The molecule has 15 heavy (non-hydrogen) atoms. The molecule has 0 radical (unpaired) electrons. The Morgan fingerprint density at radius 1 is 1.20 bits per heavy atom. The minimum atomic E-state index is -1.62. The number of hydrogen-bond donors (Lipinski definition) is 2. The molecule has 1 aromatic rings. The van der Waals surface area contributed by atoms with E-state index in [1.54, 1.807) is 24.3 Å². The Hall–Kier alpha value is -1.03. The van der Waals surface area contributed by atoms with Gasteiger partial charge in [-0.3, -0.25) is 4.79 Å². The Kier molecular flexibility index (Phi) is 2.46. The molecule has 2 N–H and O–H groups in total. The van der Waals surface area contributed by atoms with Crippen LogP contribution in [0, 0.1) is 0 Å². The summed E-state index contributed by atoms with van der Waals surface area (Å²) < 4.78 is 0. The van der Waals surface area contributed by atoms with Crippen molar-refractivity contribution in [2.45, 2.75) is 5.72 Å². The molecule has 1 aliphatic heterocycles. The van der Waals surface area contributed by atoms with E-state index >= 15 is 0 Å². The number of aliphatic hydroxyl groups is 1. The predicted molar refractivity (Wildman–Crippen MR) is 57.4 cm³/mol. The molecule has 0 spiro atoms. The maximum absolute atomic E-state index is 11.1. The second kappa shape index (κ2) is 3.52. The van der Waals surface area contributed by atoms with Crippen LogP contribution in [0.3, 0.4) is 0 Å². The third-order valence-electron chi connectivity index (χ3n) is 2.17. The van der Waals surface area contributed by atoms with Crippen LogP contribution in [0.4, 0.5) is 0 Å². The SMILES string of the molecule is O=C1C=C(Cl)C(O)(c2ccc(Cl)cc2)N1. The van der Waals surface area contributed by atoms with Crippen molar-refractivity contribution >= 4 is 29.1 Å². The van der Waals surface area contributed by atoms with Gasteiger partial charge in [-0.15, -0.1) is 0 Å². The fourth-order valence-electron chi connectivity index (χ4n) is 1.39. The van der Waals surface area contributed by atoms with Crippen LogP contribution in [-0.4, -0.2) is 11.0 Å². The maximum atomic E-state index is 11.1. The summed E-state index contributed by atoms with van der Waals surface area (Å²) in [5.74, 6) is -0.419. The molecule has 1 heterocycles. The van der Waals surface area contributed by atoms with E-state index in [1.165, 1.54) is 0 Å². The molecule has 0 aromatic heterocycles. The molecule has 3 nitrogen and oxygen atoms in total. The Balaban J connectivity index is 2.43. The zero-order chi connectivity index (χ0) is 11.1. The fourth-order valence-corrected chi connectivity index (χ4v) is 1.78. The van der Waals surface area contributed by atoms with Gasteiger partial charge in [0.15, 0.2) is 0 Å². The van der Waals surface area contributed by atoms with Crippen molar-refractivity contribution < 1.29 is 9.90 Å². The van der Waals surface area contributed by atoms with Crippen molar-refractivity contribution in [3.8, 4) is 0 Å². The van der Waals surface area contributed by atoms with Gasteiger partial charge in [-0.05, 0) is 12.1 Å². The van der Waals surface area contributed by atoms with Crippen molar-refractivity contribution in [1.82, 2.24) is 5.32 Å². The van der Waals surface area contributed by atoms with Gasteiger partial charge in [-0.1, -0.05) is 35.3 Å². The largest absolute Gasteiger partial charge is 0.362 e. The van der Waals surface area contributed by atoms with Crippen molar-refractivity contribution in [2.75, 3.05) is 0 Å². The lowest BCUT2D eigenvalue weighted by Crippen LogP contribution is -2.40. The number of carbonyl (C=O) groups is 1. The van der Waals surface area contributed by atoms with Gasteiger partial charge in [-0.2, -0.15) is 0 Å². The summed E-state index contributed by atoms with van der Waals surface area (Å²) in [7, 11) is 0. The van der Waals surface area contributed by atoms with Gasteiger partial charge in [0.1, 0.15) is 0 Å². The lowest BCUT2D eigenvalue weighted by atomic mass is 10.0. The number of halogens is 2. The summed E-state index contributed by atoms with van der Waals surface area (Å²) >= 11 is 11.5. The third kappa shape index (κ3) is 1.74. The van der Waals surface area contributed by atoms with Crippen LogP contribution < -0.4 is 5.32 Å². The van der Waals surface area contributed by atoms with Gasteiger partial charge in [0.2, 0.25) is 11.6 Å². The van der Waals surface area contributed by atoms with Crippen LogP contribution >= 0.6 is 23.2 Å². The van der Waals surface area contributed by atoms with Crippen LogP contribution in [-0.2, 0) is 10.5 Å². The minimum absolute atomic E-state index is 0.0508. The topological polar surface area (TPSA) is 49.3 Å². The quantitative estimate of drug-likeness (QED) is 0.790. The zero-order valence-electron chi connectivity index (χ0n) is 7.50. The van der Waals surface area contributed by atoms with E-state index in [9.17, 15) is 9.90 Å². The highest BCUT2D eigenvalue weighted by Gasteiger charge is 2.39. The molecule has 0 aliphatic carbocycles. The van der Waals surface area contributed by atoms with E-state index in [-0.39, 0.29) is 5.03 Å². The van der Waals surface area contributed by atoms with Crippen molar-refractivity contribution in [3.05, 3.63) is 46.0 Å². The number of benzene rings is 1. The molecular weight excluding hydrogens is 237 g/mol. The van der Waals surface area contributed by atoms with Gasteiger partial charge >= 0.3 is 0 Å².